The van der Waals surface area contributed by atoms with Crippen molar-refractivity contribution in [1.29, 1.82) is 0 Å². The molecular weight excluding hydrogens is 416 g/mol. The number of carboxylic acids is 1. The molecule has 5 nitrogen and oxygen atoms in total. The Balaban J connectivity index is 1.69. The summed E-state index contributed by atoms with van der Waals surface area (Å²) in [6.45, 7) is 11.0. The Morgan fingerprint density at radius 3 is 2.33 bits per heavy atom. The molecule has 0 aromatic carbocycles. The lowest BCUT2D eigenvalue weighted by molar-refractivity contribution is -0.217. The molecule has 5 heteroatoms. The zero-order chi connectivity index (χ0) is 24.1. The summed E-state index contributed by atoms with van der Waals surface area (Å²) in [5.41, 5.74) is 0.392. The van der Waals surface area contributed by atoms with E-state index in [1.54, 1.807) is 6.92 Å². The lowest BCUT2D eigenvalue weighted by Gasteiger charge is -2.65. The maximum atomic E-state index is 12.3. The van der Waals surface area contributed by atoms with Crippen LogP contribution in [0, 0.1) is 52.3 Å². The van der Waals surface area contributed by atoms with Gasteiger partial charge in [-0.2, -0.15) is 0 Å². The quantitative estimate of drug-likeness (QED) is 0.496. The summed E-state index contributed by atoms with van der Waals surface area (Å²) in [5, 5.41) is 19.8. The number of aliphatic hydroxyl groups excluding tert-OH is 1. The number of aliphatic hydroxyl groups is 1. The zero-order valence-electron chi connectivity index (χ0n) is 21.4. The summed E-state index contributed by atoms with van der Waals surface area (Å²) >= 11 is 0. The van der Waals surface area contributed by atoms with Gasteiger partial charge in [0.25, 0.3) is 0 Å². The van der Waals surface area contributed by atoms with E-state index in [0.29, 0.717) is 41.4 Å². The predicted octanol–water partition coefficient (Wildman–Crippen LogP) is 5.68. The SMILES string of the molecule is CC[C@H]1[C@@H](OC(C)=O)[C@@H]2[C@H](CC[C@]3(C)[C@@H]([C@H](C)CCC(=O)O)CC[C@@H]23)[C@@]2(C)CC[C@@H](O)C[C@@H]12. The van der Waals surface area contributed by atoms with Gasteiger partial charge in [-0.05, 0) is 104 Å². The van der Waals surface area contributed by atoms with Crippen LogP contribution in [0.2, 0.25) is 0 Å². The van der Waals surface area contributed by atoms with E-state index in [9.17, 15) is 19.8 Å². The predicted molar refractivity (Wildman–Crippen MR) is 127 cm³/mol. The molecule has 4 rings (SSSR count). The van der Waals surface area contributed by atoms with Crippen LogP contribution >= 0.6 is 0 Å². The van der Waals surface area contributed by atoms with Crippen LogP contribution in [0.1, 0.15) is 98.8 Å². The molecule has 0 bridgehead atoms. The maximum absolute atomic E-state index is 12.3. The first-order valence-corrected chi connectivity index (χ1v) is 13.6. The second-order valence-corrected chi connectivity index (χ2v) is 12.6. The van der Waals surface area contributed by atoms with Gasteiger partial charge in [0, 0.05) is 19.3 Å². The van der Waals surface area contributed by atoms with Crippen molar-refractivity contribution in [3.63, 3.8) is 0 Å². The van der Waals surface area contributed by atoms with Crippen LogP contribution in [0.25, 0.3) is 0 Å². The minimum absolute atomic E-state index is 0.0569. The lowest BCUT2D eigenvalue weighted by Crippen LogP contribution is -2.63. The van der Waals surface area contributed by atoms with E-state index in [4.69, 9.17) is 4.74 Å². The van der Waals surface area contributed by atoms with Gasteiger partial charge in [0.2, 0.25) is 0 Å². The van der Waals surface area contributed by atoms with Gasteiger partial charge in [0.15, 0.2) is 0 Å². The van der Waals surface area contributed by atoms with Crippen LogP contribution in [-0.2, 0) is 14.3 Å². The van der Waals surface area contributed by atoms with Crippen molar-refractivity contribution in [1.82, 2.24) is 0 Å². The van der Waals surface area contributed by atoms with Crippen molar-refractivity contribution in [2.45, 2.75) is 111 Å². The van der Waals surface area contributed by atoms with Crippen LogP contribution in [0.15, 0.2) is 0 Å². The Labute approximate surface area is 200 Å². The molecule has 0 amide bonds. The molecule has 0 aliphatic heterocycles. The average Bonchev–Trinajstić information content (AvgIpc) is 3.10. The largest absolute Gasteiger partial charge is 0.481 e. The van der Waals surface area contributed by atoms with E-state index in [2.05, 4.69) is 27.7 Å². The Morgan fingerprint density at radius 2 is 1.70 bits per heavy atom. The van der Waals surface area contributed by atoms with E-state index in [-0.39, 0.29) is 35.4 Å². The number of aliphatic carboxylic acids is 1. The summed E-state index contributed by atoms with van der Waals surface area (Å²) in [4.78, 5) is 23.5. The third-order valence-corrected chi connectivity index (χ3v) is 11.2. The Hall–Kier alpha value is -1.10. The molecule has 0 radical (unpaired) electrons. The van der Waals surface area contributed by atoms with Gasteiger partial charge in [-0.1, -0.05) is 27.7 Å². The summed E-state index contributed by atoms with van der Waals surface area (Å²) in [5.74, 6) is 2.23. The van der Waals surface area contributed by atoms with Crippen LogP contribution < -0.4 is 0 Å². The zero-order valence-corrected chi connectivity index (χ0v) is 21.4. The number of carbonyl (C=O) groups is 2. The molecule has 2 N–H and O–H groups in total. The monoisotopic (exact) mass is 462 g/mol. The van der Waals surface area contributed by atoms with Crippen molar-refractivity contribution in [3.8, 4) is 0 Å². The molecule has 0 unspecified atom stereocenters. The second-order valence-electron chi connectivity index (χ2n) is 12.6. The molecule has 0 saturated heterocycles. The summed E-state index contributed by atoms with van der Waals surface area (Å²) in [6, 6.07) is 0. The standard InChI is InChI=1S/C28H46O5/c1-6-19-23-15-18(30)11-13-28(23,5)22-12-14-27(4)20(16(2)7-10-24(31)32)8-9-21(27)25(22)26(19)33-17(3)29/h16,18-23,25-26,30H,6-15H2,1-5H3,(H,31,32)/t16-,18-,19-,20-,21+,22+,23+,25+,26-,27-,28-/m1/s1. The molecule has 188 valence electrons. The summed E-state index contributed by atoms with van der Waals surface area (Å²) in [7, 11) is 0. The number of fused-ring (bicyclic) bond motifs is 5. The van der Waals surface area contributed by atoms with Gasteiger partial charge < -0.3 is 14.9 Å². The second kappa shape index (κ2) is 9.17. The Morgan fingerprint density at radius 1 is 1.03 bits per heavy atom. The topological polar surface area (TPSA) is 83.8 Å². The smallest absolute Gasteiger partial charge is 0.303 e. The van der Waals surface area contributed by atoms with E-state index in [0.717, 1.165) is 51.4 Å². The minimum Gasteiger partial charge on any atom is -0.481 e. The molecule has 0 aromatic rings. The number of hydrogen-bond acceptors (Lipinski definition) is 4. The molecule has 4 fully saturated rings. The van der Waals surface area contributed by atoms with Crippen LogP contribution in [0.4, 0.5) is 0 Å². The Bertz CT molecular complexity index is 751. The normalized spacial score (nSPS) is 47.7. The number of carbonyl (C=O) groups excluding carboxylic acids is 1. The molecule has 4 saturated carbocycles. The first-order chi connectivity index (χ1) is 15.5. The molecule has 0 aromatic heterocycles. The van der Waals surface area contributed by atoms with Gasteiger partial charge in [-0.25, -0.2) is 0 Å². The first-order valence-electron chi connectivity index (χ1n) is 13.6. The van der Waals surface area contributed by atoms with Crippen LogP contribution in [0.3, 0.4) is 0 Å². The van der Waals surface area contributed by atoms with Crippen molar-refractivity contribution in [2.24, 2.45) is 52.3 Å². The van der Waals surface area contributed by atoms with Gasteiger partial charge in [0.05, 0.1) is 6.10 Å². The van der Waals surface area contributed by atoms with Gasteiger partial charge in [-0.3, -0.25) is 9.59 Å². The molecule has 0 heterocycles. The fourth-order valence-electron chi connectivity index (χ4n) is 9.81. The third-order valence-electron chi connectivity index (χ3n) is 11.2. The highest BCUT2D eigenvalue weighted by atomic mass is 16.5. The number of ether oxygens (including phenoxy) is 1. The molecular formula is C28H46O5. The van der Waals surface area contributed by atoms with Gasteiger partial charge >= 0.3 is 11.9 Å². The van der Waals surface area contributed by atoms with Crippen molar-refractivity contribution >= 4 is 11.9 Å². The number of esters is 1. The van der Waals surface area contributed by atoms with Crippen LogP contribution in [-0.4, -0.2) is 34.4 Å². The molecule has 0 spiro atoms. The average molecular weight is 463 g/mol. The van der Waals surface area contributed by atoms with E-state index in [1.807, 2.05) is 0 Å². The van der Waals surface area contributed by atoms with Crippen LogP contribution in [0.5, 0.6) is 0 Å². The summed E-state index contributed by atoms with van der Waals surface area (Å²) < 4.78 is 6.22. The highest BCUT2D eigenvalue weighted by molar-refractivity contribution is 5.66. The molecule has 4 aliphatic rings. The number of rotatable bonds is 6. The maximum Gasteiger partial charge on any atom is 0.303 e. The lowest BCUT2D eigenvalue weighted by atomic mass is 9.41. The van der Waals surface area contributed by atoms with Gasteiger partial charge in [-0.15, -0.1) is 0 Å². The number of hydrogen-bond donors (Lipinski definition) is 2. The fourth-order valence-corrected chi connectivity index (χ4v) is 9.81. The van der Waals surface area contributed by atoms with E-state index < -0.39 is 5.97 Å². The van der Waals surface area contributed by atoms with Crippen molar-refractivity contribution in [3.05, 3.63) is 0 Å². The number of carboxylic acid groups (broad SMARTS) is 1. The van der Waals surface area contributed by atoms with E-state index in [1.165, 1.54) is 6.42 Å². The van der Waals surface area contributed by atoms with Crippen molar-refractivity contribution in [2.75, 3.05) is 0 Å². The Kier molecular flexibility index (Phi) is 6.95. The minimum atomic E-state index is -0.697. The molecule has 11 atom stereocenters. The molecule has 33 heavy (non-hydrogen) atoms. The van der Waals surface area contributed by atoms with Gasteiger partial charge in [0.1, 0.15) is 6.10 Å². The van der Waals surface area contributed by atoms with E-state index >= 15 is 0 Å². The van der Waals surface area contributed by atoms with Crippen molar-refractivity contribution < 1.29 is 24.5 Å². The fraction of sp³-hybridized carbons (Fsp3) is 0.929. The highest BCUT2D eigenvalue weighted by Crippen LogP contribution is 2.70. The highest BCUT2D eigenvalue weighted by Gasteiger charge is 2.65. The molecule has 4 aliphatic carbocycles. The third kappa shape index (κ3) is 4.15. The summed E-state index contributed by atoms with van der Waals surface area (Å²) in [6.07, 6.45) is 9.18. The first kappa shape index (κ1) is 25.0.